The largest absolute Gasteiger partial charge is 0.429 e. The predicted molar refractivity (Wildman–Crippen MR) is 71.0 cm³/mol. The highest BCUT2D eigenvalue weighted by Gasteiger charge is 1.84. The van der Waals surface area contributed by atoms with Gasteiger partial charge in [0.2, 0.25) is 0 Å². The second-order valence-electron chi connectivity index (χ2n) is 3.18. The average molecular weight is 230 g/mol. The van der Waals surface area contributed by atoms with E-state index in [-0.39, 0.29) is 7.43 Å². The summed E-state index contributed by atoms with van der Waals surface area (Å²) in [5, 5.41) is 0. The fourth-order valence-corrected chi connectivity index (χ4v) is 1.09. The molecule has 2 aromatic rings. The maximum Gasteiger partial charge on any atom is 0.298 e. The molecule has 0 unspecified atom stereocenters. The Morgan fingerprint density at radius 3 is 1.71 bits per heavy atom. The van der Waals surface area contributed by atoms with Gasteiger partial charge >= 0.3 is 0 Å². The van der Waals surface area contributed by atoms with Crippen LogP contribution in [0.2, 0.25) is 0 Å². The number of carbonyl (C=O) groups excluding carboxylic acids is 1. The Kier molecular flexibility index (Phi) is 8.03. The fraction of sp³-hybridized carbons (Fsp3) is 0.133. The van der Waals surface area contributed by atoms with Crippen LogP contribution >= 0.6 is 0 Å². The maximum atomic E-state index is 9.75. The third-order valence-corrected chi connectivity index (χ3v) is 1.87. The number of carbonyl (C=O) groups is 1. The van der Waals surface area contributed by atoms with Crippen LogP contribution in [0.4, 0.5) is 0 Å². The number of aryl methyl sites for hydroxylation is 1. The summed E-state index contributed by atoms with van der Waals surface area (Å²) in [7, 11) is 0. The summed E-state index contributed by atoms with van der Waals surface area (Å²) in [6, 6.07) is 19.2. The van der Waals surface area contributed by atoms with E-state index >= 15 is 0 Å². The Balaban J connectivity index is 0.000000292. The molecule has 0 aliphatic heterocycles. The van der Waals surface area contributed by atoms with E-state index in [1.165, 1.54) is 5.56 Å². The highest BCUT2D eigenvalue weighted by molar-refractivity contribution is 5.44. The standard InChI is InChI=1S/C7H6O2.C7H8.CH4/c8-6-9-7-4-2-1-3-5-7;1-7-5-3-2-4-6-7;/h1-6H;2-6H,1H3;1H4. The van der Waals surface area contributed by atoms with Gasteiger partial charge in [-0.05, 0) is 19.1 Å². The van der Waals surface area contributed by atoms with Gasteiger partial charge in [0.15, 0.2) is 0 Å². The first kappa shape index (κ1) is 14.9. The summed E-state index contributed by atoms with van der Waals surface area (Å²) < 4.78 is 4.53. The minimum Gasteiger partial charge on any atom is -0.429 e. The lowest BCUT2D eigenvalue weighted by molar-refractivity contribution is -0.120. The zero-order valence-electron chi connectivity index (χ0n) is 9.17. The molecule has 17 heavy (non-hydrogen) atoms. The molecule has 0 radical (unpaired) electrons. The van der Waals surface area contributed by atoms with Gasteiger partial charge in [-0.3, -0.25) is 4.79 Å². The highest BCUT2D eigenvalue weighted by Crippen LogP contribution is 2.05. The summed E-state index contributed by atoms with van der Waals surface area (Å²) in [5.74, 6) is 0.576. The Morgan fingerprint density at radius 2 is 1.35 bits per heavy atom. The number of rotatable bonds is 2. The van der Waals surface area contributed by atoms with Gasteiger partial charge in [-0.25, -0.2) is 0 Å². The average Bonchev–Trinajstić information content (AvgIpc) is 2.33. The lowest BCUT2D eigenvalue weighted by Gasteiger charge is -1.92. The van der Waals surface area contributed by atoms with Crippen LogP contribution in [0.3, 0.4) is 0 Å². The van der Waals surface area contributed by atoms with E-state index in [0.29, 0.717) is 12.2 Å². The van der Waals surface area contributed by atoms with Gasteiger partial charge in [0.05, 0.1) is 0 Å². The molecule has 0 saturated carbocycles. The third-order valence-electron chi connectivity index (χ3n) is 1.87. The monoisotopic (exact) mass is 230 g/mol. The minimum atomic E-state index is 0. The first-order chi connectivity index (χ1) is 7.83. The van der Waals surface area contributed by atoms with Crippen LogP contribution in [-0.4, -0.2) is 6.47 Å². The molecule has 0 bridgehead atoms. The van der Waals surface area contributed by atoms with Crippen molar-refractivity contribution >= 4 is 6.47 Å². The Labute approximate surface area is 103 Å². The Bertz CT molecular complexity index is 396. The van der Waals surface area contributed by atoms with E-state index in [1.54, 1.807) is 24.3 Å². The van der Waals surface area contributed by atoms with Gasteiger partial charge in [0, 0.05) is 0 Å². The summed E-state index contributed by atoms with van der Waals surface area (Å²) in [6.07, 6.45) is 0. The van der Waals surface area contributed by atoms with E-state index in [0.717, 1.165) is 0 Å². The molecule has 0 fully saturated rings. The van der Waals surface area contributed by atoms with E-state index in [2.05, 4.69) is 23.8 Å². The van der Waals surface area contributed by atoms with E-state index in [9.17, 15) is 4.79 Å². The molecule has 0 atom stereocenters. The van der Waals surface area contributed by atoms with Gasteiger partial charge in [-0.15, -0.1) is 0 Å². The molecule has 2 aromatic carbocycles. The van der Waals surface area contributed by atoms with Gasteiger partial charge in [-0.1, -0.05) is 61.5 Å². The molecule has 0 saturated heterocycles. The summed E-state index contributed by atoms with van der Waals surface area (Å²) >= 11 is 0. The van der Waals surface area contributed by atoms with Gasteiger partial charge in [-0.2, -0.15) is 0 Å². The highest BCUT2D eigenvalue weighted by atomic mass is 16.5. The SMILES string of the molecule is C.Cc1ccccc1.O=COc1ccccc1. The van der Waals surface area contributed by atoms with Crippen molar-refractivity contribution in [3.05, 3.63) is 66.2 Å². The van der Waals surface area contributed by atoms with Crippen LogP contribution in [-0.2, 0) is 4.79 Å². The maximum absolute atomic E-state index is 9.75. The summed E-state index contributed by atoms with van der Waals surface area (Å²) in [4.78, 5) is 9.75. The molecule has 0 aliphatic rings. The topological polar surface area (TPSA) is 26.3 Å². The molecule has 2 rings (SSSR count). The number of ether oxygens (including phenoxy) is 1. The van der Waals surface area contributed by atoms with Crippen LogP contribution in [0.25, 0.3) is 0 Å². The van der Waals surface area contributed by atoms with Crippen molar-refractivity contribution in [2.24, 2.45) is 0 Å². The summed E-state index contributed by atoms with van der Waals surface area (Å²) in [6.45, 7) is 2.50. The second-order valence-corrected chi connectivity index (χ2v) is 3.18. The minimum absolute atomic E-state index is 0. The normalized spacial score (nSPS) is 8.06. The van der Waals surface area contributed by atoms with Gasteiger partial charge < -0.3 is 4.74 Å². The molecule has 90 valence electrons. The van der Waals surface area contributed by atoms with Crippen LogP contribution in [0.5, 0.6) is 5.75 Å². The van der Waals surface area contributed by atoms with Gasteiger partial charge in [0.25, 0.3) is 6.47 Å². The first-order valence-corrected chi connectivity index (χ1v) is 5.00. The molecular weight excluding hydrogens is 212 g/mol. The summed E-state index contributed by atoms with van der Waals surface area (Å²) in [5.41, 5.74) is 1.32. The number of para-hydroxylation sites is 1. The van der Waals surface area contributed by atoms with Crippen molar-refractivity contribution in [1.82, 2.24) is 0 Å². The predicted octanol–water partition coefficient (Wildman–Crippen LogP) is 3.85. The molecule has 0 aliphatic carbocycles. The van der Waals surface area contributed by atoms with Crippen LogP contribution in [0.15, 0.2) is 60.7 Å². The molecule has 0 N–H and O–H groups in total. The van der Waals surface area contributed by atoms with E-state index < -0.39 is 0 Å². The number of hydrogen-bond acceptors (Lipinski definition) is 2. The molecular formula is C15H18O2. The van der Waals surface area contributed by atoms with Crippen molar-refractivity contribution in [3.63, 3.8) is 0 Å². The van der Waals surface area contributed by atoms with E-state index in [1.807, 2.05) is 24.3 Å². The Hall–Kier alpha value is -2.09. The fourth-order valence-electron chi connectivity index (χ4n) is 1.09. The van der Waals surface area contributed by atoms with Crippen molar-refractivity contribution in [2.45, 2.75) is 14.4 Å². The Morgan fingerprint density at radius 1 is 0.882 bits per heavy atom. The van der Waals surface area contributed by atoms with Crippen molar-refractivity contribution in [3.8, 4) is 5.75 Å². The molecule has 0 heterocycles. The van der Waals surface area contributed by atoms with Crippen molar-refractivity contribution in [1.29, 1.82) is 0 Å². The second kappa shape index (κ2) is 9.16. The number of hydrogen-bond donors (Lipinski definition) is 0. The quantitative estimate of drug-likeness (QED) is 0.732. The molecule has 0 aromatic heterocycles. The van der Waals surface area contributed by atoms with Crippen LogP contribution in [0, 0.1) is 6.92 Å². The zero-order valence-corrected chi connectivity index (χ0v) is 9.17. The lowest BCUT2D eigenvalue weighted by Crippen LogP contribution is -1.85. The third kappa shape index (κ3) is 6.90. The molecule has 0 amide bonds. The van der Waals surface area contributed by atoms with E-state index in [4.69, 9.17) is 0 Å². The van der Waals surface area contributed by atoms with Gasteiger partial charge in [0.1, 0.15) is 5.75 Å². The molecule has 2 nitrogen and oxygen atoms in total. The van der Waals surface area contributed by atoms with Crippen LogP contribution in [0.1, 0.15) is 13.0 Å². The molecule has 0 spiro atoms. The smallest absolute Gasteiger partial charge is 0.298 e. The van der Waals surface area contributed by atoms with Crippen molar-refractivity contribution in [2.75, 3.05) is 0 Å². The lowest BCUT2D eigenvalue weighted by atomic mass is 10.2. The van der Waals surface area contributed by atoms with Crippen LogP contribution < -0.4 is 4.74 Å². The number of benzene rings is 2. The molecule has 2 heteroatoms. The zero-order chi connectivity index (χ0) is 11.6. The van der Waals surface area contributed by atoms with Crippen molar-refractivity contribution < 1.29 is 9.53 Å². The first-order valence-electron chi connectivity index (χ1n) is 5.00.